The standard InChI is InChI=1S/C12H17NO/c1-7-5-8(2)10(4)12(9(7)3)11(14)6-13/h5H,6,13H2,1-4H3. The molecule has 0 saturated heterocycles. The molecule has 0 saturated carbocycles. The molecule has 0 radical (unpaired) electrons. The number of aryl methyl sites for hydroxylation is 2. The van der Waals surface area contributed by atoms with E-state index in [0.717, 1.165) is 27.8 Å². The highest BCUT2D eigenvalue weighted by Gasteiger charge is 2.13. The van der Waals surface area contributed by atoms with Crippen LogP contribution in [-0.2, 0) is 0 Å². The molecule has 1 rings (SSSR count). The Hall–Kier alpha value is -1.15. The Balaban J connectivity index is 3.47. The van der Waals surface area contributed by atoms with Crippen molar-refractivity contribution in [3.8, 4) is 0 Å². The van der Waals surface area contributed by atoms with Gasteiger partial charge >= 0.3 is 0 Å². The average Bonchev–Trinajstić information content (AvgIpc) is 2.15. The third kappa shape index (κ3) is 1.70. The van der Waals surface area contributed by atoms with Crippen LogP contribution in [0.3, 0.4) is 0 Å². The van der Waals surface area contributed by atoms with Crippen LogP contribution in [0.1, 0.15) is 32.6 Å². The van der Waals surface area contributed by atoms with Crippen LogP contribution < -0.4 is 5.73 Å². The number of nitrogens with two attached hydrogens (primary N) is 1. The fraction of sp³-hybridized carbons (Fsp3) is 0.417. The number of rotatable bonds is 2. The molecule has 0 atom stereocenters. The van der Waals surface area contributed by atoms with Crippen molar-refractivity contribution in [2.45, 2.75) is 27.7 Å². The van der Waals surface area contributed by atoms with E-state index in [1.165, 1.54) is 0 Å². The zero-order valence-electron chi connectivity index (χ0n) is 9.27. The Morgan fingerprint density at radius 2 is 1.57 bits per heavy atom. The van der Waals surface area contributed by atoms with E-state index in [9.17, 15) is 4.79 Å². The second kappa shape index (κ2) is 3.93. The maximum absolute atomic E-state index is 11.6. The Morgan fingerprint density at radius 1 is 1.14 bits per heavy atom. The van der Waals surface area contributed by atoms with E-state index in [1.54, 1.807) is 0 Å². The lowest BCUT2D eigenvalue weighted by molar-refractivity contribution is 0.1000. The first-order valence-electron chi connectivity index (χ1n) is 4.79. The number of hydrogen-bond donors (Lipinski definition) is 1. The first kappa shape index (κ1) is 10.9. The van der Waals surface area contributed by atoms with Crippen molar-refractivity contribution >= 4 is 5.78 Å². The molecule has 0 aliphatic rings. The van der Waals surface area contributed by atoms with Crippen molar-refractivity contribution < 1.29 is 4.79 Å². The monoisotopic (exact) mass is 191 g/mol. The second-order valence-electron chi connectivity index (χ2n) is 3.76. The van der Waals surface area contributed by atoms with Crippen LogP contribution in [0, 0.1) is 27.7 Å². The van der Waals surface area contributed by atoms with Gasteiger partial charge < -0.3 is 5.73 Å². The minimum Gasteiger partial charge on any atom is -0.324 e. The number of carbonyl (C=O) groups is 1. The smallest absolute Gasteiger partial charge is 0.176 e. The molecule has 2 heteroatoms. The van der Waals surface area contributed by atoms with Crippen molar-refractivity contribution in [2.75, 3.05) is 6.54 Å². The maximum Gasteiger partial charge on any atom is 0.176 e. The summed E-state index contributed by atoms with van der Waals surface area (Å²) in [4.78, 5) is 11.6. The summed E-state index contributed by atoms with van der Waals surface area (Å²) < 4.78 is 0. The summed E-state index contributed by atoms with van der Waals surface area (Å²) in [6.07, 6.45) is 0. The van der Waals surface area contributed by atoms with Gasteiger partial charge in [0, 0.05) is 5.56 Å². The molecule has 0 aliphatic carbocycles. The van der Waals surface area contributed by atoms with Crippen molar-refractivity contribution in [1.82, 2.24) is 0 Å². The molecular weight excluding hydrogens is 174 g/mol. The Morgan fingerprint density at radius 3 is 1.93 bits per heavy atom. The topological polar surface area (TPSA) is 43.1 Å². The predicted molar refractivity (Wildman–Crippen MR) is 58.8 cm³/mol. The average molecular weight is 191 g/mol. The highest BCUT2D eigenvalue weighted by Crippen LogP contribution is 2.21. The predicted octanol–water partition coefficient (Wildman–Crippen LogP) is 2.06. The second-order valence-corrected chi connectivity index (χ2v) is 3.76. The molecule has 76 valence electrons. The normalized spacial score (nSPS) is 10.4. The molecule has 0 unspecified atom stereocenters. The SMILES string of the molecule is Cc1cc(C)c(C)c(C(=O)CN)c1C. The first-order chi connectivity index (χ1) is 6.49. The van der Waals surface area contributed by atoms with E-state index in [2.05, 4.69) is 6.07 Å². The molecule has 0 fully saturated rings. The van der Waals surface area contributed by atoms with Crippen molar-refractivity contribution in [3.63, 3.8) is 0 Å². The van der Waals surface area contributed by atoms with Crippen LogP contribution in [0.15, 0.2) is 6.07 Å². The molecule has 0 heterocycles. The number of hydrogen-bond acceptors (Lipinski definition) is 2. The molecular formula is C12H17NO. The molecule has 0 bridgehead atoms. The zero-order valence-corrected chi connectivity index (χ0v) is 9.27. The van der Waals surface area contributed by atoms with Gasteiger partial charge in [-0.05, 0) is 49.9 Å². The largest absolute Gasteiger partial charge is 0.324 e. The molecule has 14 heavy (non-hydrogen) atoms. The number of carbonyl (C=O) groups excluding carboxylic acids is 1. The van der Waals surface area contributed by atoms with Gasteiger partial charge in [0.2, 0.25) is 0 Å². The molecule has 2 nitrogen and oxygen atoms in total. The van der Waals surface area contributed by atoms with Gasteiger partial charge in [0.15, 0.2) is 5.78 Å². The van der Waals surface area contributed by atoms with Crippen LogP contribution in [0.4, 0.5) is 0 Å². The van der Waals surface area contributed by atoms with E-state index in [0.29, 0.717) is 0 Å². The summed E-state index contributed by atoms with van der Waals surface area (Å²) in [5, 5.41) is 0. The van der Waals surface area contributed by atoms with Crippen molar-refractivity contribution in [2.24, 2.45) is 5.73 Å². The lowest BCUT2D eigenvalue weighted by Crippen LogP contribution is -2.17. The fourth-order valence-electron chi connectivity index (χ4n) is 1.74. The van der Waals surface area contributed by atoms with Crippen molar-refractivity contribution in [3.05, 3.63) is 33.9 Å². The summed E-state index contributed by atoms with van der Waals surface area (Å²) in [7, 11) is 0. The van der Waals surface area contributed by atoms with Gasteiger partial charge in [-0.1, -0.05) is 6.07 Å². The van der Waals surface area contributed by atoms with Crippen LogP contribution in [0.2, 0.25) is 0 Å². The van der Waals surface area contributed by atoms with E-state index < -0.39 is 0 Å². The molecule has 0 aromatic heterocycles. The van der Waals surface area contributed by atoms with Crippen LogP contribution >= 0.6 is 0 Å². The summed E-state index contributed by atoms with van der Waals surface area (Å²) in [5.41, 5.74) is 10.6. The number of Topliss-reactive ketones (excluding diaryl/α,β-unsaturated/α-hetero) is 1. The minimum atomic E-state index is 0.0341. The minimum absolute atomic E-state index is 0.0341. The molecule has 0 spiro atoms. The summed E-state index contributed by atoms with van der Waals surface area (Å²) >= 11 is 0. The molecule has 1 aromatic carbocycles. The number of ketones is 1. The molecule has 2 N–H and O–H groups in total. The lowest BCUT2D eigenvalue weighted by Gasteiger charge is -2.13. The Bertz CT molecular complexity index is 354. The third-order valence-electron chi connectivity index (χ3n) is 2.83. The summed E-state index contributed by atoms with van der Waals surface area (Å²) in [5.74, 6) is 0.0341. The van der Waals surface area contributed by atoms with Gasteiger partial charge in [-0.3, -0.25) is 4.79 Å². The highest BCUT2D eigenvalue weighted by molar-refractivity contribution is 6.00. The summed E-state index contributed by atoms with van der Waals surface area (Å²) in [6, 6.07) is 2.11. The van der Waals surface area contributed by atoms with Crippen molar-refractivity contribution in [1.29, 1.82) is 0 Å². The van der Waals surface area contributed by atoms with Crippen LogP contribution in [0.25, 0.3) is 0 Å². The first-order valence-corrected chi connectivity index (χ1v) is 4.79. The van der Waals surface area contributed by atoms with Crippen LogP contribution in [-0.4, -0.2) is 12.3 Å². The van der Waals surface area contributed by atoms with E-state index in [1.807, 2.05) is 27.7 Å². The zero-order chi connectivity index (χ0) is 10.9. The summed E-state index contributed by atoms with van der Waals surface area (Å²) in [6.45, 7) is 8.09. The quantitative estimate of drug-likeness (QED) is 0.727. The van der Waals surface area contributed by atoms with Gasteiger partial charge in [0.1, 0.15) is 0 Å². The van der Waals surface area contributed by atoms with E-state index >= 15 is 0 Å². The highest BCUT2D eigenvalue weighted by atomic mass is 16.1. The van der Waals surface area contributed by atoms with Gasteiger partial charge in [-0.25, -0.2) is 0 Å². The van der Waals surface area contributed by atoms with Gasteiger partial charge in [0.05, 0.1) is 6.54 Å². The Labute approximate surface area is 85.1 Å². The molecule has 0 amide bonds. The maximum atomic E-state index is 11.6. The fourth-order valence-corrected chi connectivity index (χ4v) is 1.74. The lowest BCUT2D eigenvalue weighted by atomic mass is 9.92. The van der Waals surface area contributed by atoms with Gasteiger partial charge in [-0.15, -0.1) is 0 Å². The molecule has 0 aliphatic heterocycles. The third-order valence-corrected chi connectivity index (χ3v) is 2.83. The van der Waals surface area contributed by atoms with Crippen LogP contribution in [0.5, 0.6) is 0 Å². The Kier molecular flexibility index (Phi) is 3.06. The van der Waals surface area contributed by atoms with E-state index in [4.69, 9.17) is 5.73 Å². The van der Waals surface area contributed by atoms with Gasteiger partial charge in [0.25, 0.3) is 0 Å². The molecule has 1 aromatic rings. The van der Waals surface area contributed by atoms with Gasteiger partial charge in [-0.2, -0.15) is 0 Å². The number of benzene rings is 1. The van der Waals surface area contributed by atoms with E-state index in [-0.39, 0.29) is 12.3 Å².